The first kappa shape index (κ1) is 13.7. The predicted octanol–water partition coefficient (Wildman–Crippen LogP) is 2.84. The molecule has 0 radical (unpaired) electrons. The first-order valence-corrected chi connectivity index (χ1v) is 5.78. The van der Waals surface area contributed by atoms with Crippen molar-refractivity contribution >= 4 is 40.1 Å². The Morgan fingerprint density at radius 2 is 2.06 bits per heavy atom. The van der Waals surface area contributed by atoms with E-state index in [4.69, 9.17) is 21.4 Å². The number of hydrogen-bond acceptors (Lipinski definition) is 5. The molecule has 1 aromatic heterocycles. The Kier molecular flexibility index (Phi) is 3.94. The van der Waals surface area contributed by atoms with Gasteiger partial charge in [-0.3, -0.25) is 5.32 Å². The van der Waals surface area contributed by atoms with Crippen molar-refractivity contribution in [3.8, 4) is 0 Å². The first-order chi connectivity index (χ1) is 7.69. The van der Waals surface area contributed by atoms with E-state index < -0.39 is 17.7 Å². The van der Waals surface area contributed by atoms with Crippen molar-refractivity contribution in [2.24, 2.45) is 0 Å². The van der Waals surface area contributed by atoms with Gasteiger partial charge in [0.1, 0.15) is 9.94 Å². The van der Waals surface area contributed by atoms with Crippen LogP contribution in [0, 0.1) is 0 Å². The predicted molar refractivity (Wildman–Crippen MR) is 63.9 cm³/mol. The van der Waals surface area contributed by atoms with Gasteiger partial charge in [-0.15, -0.1) is 0 Å². The fourth-order valence-corrected chi connectivity index (χ4v) is 1.89. The molecule has 0 saturated carbocycles. The van der Waals surface area contributed by atoms with Crippen molar-refractivity contribution in [2.75, 3.05) is 5.32 Å². The Morgan fingerprint density at radius 1 is 1.47 bits per heavy atom. The molecule has 0 aliphatic heterocycles. The van der Waals surface area contributed by atoms with E-state index >= 15 is 0 Å². The molecule has 1 rings (SSSR count). The summed E-state index contributed by atoms with van der Waals surface area (Å²) in [5, 5.41) is 11.1. The maximum Gasteiger partial charge on any atom is 0.413 e. The highest BCUT2D eigenvalue weighted by molar-refractivity contribution is 7.20. The average Bonchev–Trinajstić information content (AvgIpc) is 2.42. The first-order valence-electron chi connectivity index (χ1n) is 4.58. The van der Waals surface area contributed by atoms with Crippen LogP contribution in [0.3, 0.4) is 0 Å². The third kappa shape index (κ3) is 4.20. The van der Waals surface area contributed by atoms with E-state index in [1.807, 2.05) is 0 Å². The Bertz CT molecular complexity index is 452. The van der Waals surface area contributed by atoms with Gasteiger partial charge in [-0.05, 0) is 20.8 Å². The molecule has 0 atom stereocenters. The number of carboxylic acid groups (broad SMARTS) is 1. The molecule has 0 spiro atoms. The van der Waals surface area contributed by atoms with Gasteiger partial charge in [0.15, 0.2) is 10.8 Å². The zero-order valence-electron chi connectivity index (χ0n) is 9.41. The van der Waals surface area contributed by atoms with Gasteiger partial charge < -0.3 is 9.84 Å². The summed E-state index contributed by atoms with van der Waals surface area (Å²) in [5.74, 6) is -1.25. The van der Waals surface area contributed by atoms with Gasteiger partial charge in [0, 0.05) is 0 Å². The quantitative estimate of drug-likeness (QED) is 0.868. The lowest BCUT2D eigenvalue weighted by Gasteiger charge is -2.18. The molecule has 1 amide bonds. The van der Waals surface area contributed by atoms with Gasteiger partial charge in [0.05, 0.1) is 0 Å². The summed E-state index contributed by atoms with van der Waals surface area (Å²) in [4.78, 5) is 25.7. The highest BCUT2D eigenvalue weighted by atomic mass is 35.5. The maximum atomic E-state index is 11.4. The smallest absolute Gasteiger partial charge is 0.413 e. The third-order valence-electron chi connectivity index (χ3n) is 1.40. The van der Waals surface area contributed by atoms with Gasteiger partial charge in [-0.2, -0.15) is 0 Å². The van der Waals surface area contributed by atoms with Crippen molar-refractivity contribution in [1.29, 1.82) is 0 Å². The van der Waals surface area contributed by atoms with Crippen LogP contribution in [0.15, 0.2) is 0 Å². The molecule has 0 aliphatic carbocycles. The van der Waals surface area contributed by atoms with Crippen LogP contribution < -0.4 is 5.32 Å². The van der Waals surface area contributed by atoms with Crippen LogP contribution in [0.2, 0.25) is 4.34 Å². The molecule has 1 heterocycles. The summed E-state index contributed by atoms with van der Waals surface area (Å²) in [5.41, 5.74) is -0.927. The van der Waals surface area contributed by atoms with Crippen LogP contribution in [0.4, 0.5) is 9.93 Å². The minimum Gasteiger partial charge on any atom is -0.476 e. The molecule has 0 aliphatic rings. The van der Waals surface area contributed by atoms with Crippen LogP contribution in [0.25, 0.3) is 0 Å². The summed E-state index contributed by atoms with van der Waals surface area (Å²) in [7, 11) is 0. The lowest BCUT2D eigenvalue weighted by atomic mass is 10.2. The highest BCUT2D eigenvalue weighted by Gasteiger charge is 2.20. The molecule has 0 saturated heterocycles. The van der Waals surface area contributed by atoms with Crippen molar-refractivity contribution in [1.82, 2.24) is 4.98 Å². The normalized spacial score (nSPS) is 11.1. The van der Waals surface area contributed by atoms with E-state index in [1.54, 1.807) is 20.8 Å². The van der Waals surface area contributed by atoms with E-state index in [-0.39, 0.29) is 15.2 Å². The largest absolute Gasteiger partial charge is 0.476 e. The van der Waals surface area contributed by atoms with Gasteiger partial charge >= 0.3 is 12.1 Å². The summed E-state index contributed by atoms with van der Waals surface area (Å²) in [6, 6.07) is 0. The number of nitrogens with zero attached hydrogens (tertiary/aromatic N) is 1. The van der Waals surface area contributed by atoms with E-state index in [0.29, 0.717) is 0 Å². The van der Waals surface area contributed by atoms with Crippen molar-refractivity contribution < 1.29 is 19.4 Å². The summed E-state index contributed by atoms with van der Waals surface area (Å²) < 4.78 is 4.98. The molecule has 0 aromatic carbocycles. The Morgan fingerprint density at radius 3 is 2.47 bits per heavy atom. The average molecular weight is 279 g/mol. The number of carbonyl (C=O) groups is 2. The fraction of sp³-hybridized carbons (Fsp3) is 0.444. The number of carboxylic acids is 1. The fourth-order valence-electron chi connectivity index (χ4n) is 0.878. The van der Waals surface area contributed by atoms with Gasteiger partial charge in [-0.1, -0.05) is 22.9 Å². The van der Waals surface area contributed by atoms with Gasteiger partial charge in [-0.25, -0.2) is 14.6 Å². The molecule has 8 heteroatoms. The standard InChI is InChI=1S/C9H11ClN2O4S/c1-9(2,3)16-8(15)12-7-11-4(6(13)14)5(10)17-7/h1-3H3,(H,13,14)(H,11,12,15). The molecule has 2 N–H and O–H groups in total. The number of ether oxygens (including phenoxy) is 1. The summed E-state index contributed by atoms with van der Waals surface area (Å²) >= 11 is 6.50. The van der Waals surface area contributed by atoms with Crippen molar-refractivity contribution in [3.63, 3.8) is 0 Å². The van der Waals surface area contributed by atoms with Crippen LogP contribution in [0.5, 0.6) is 0 Å². The number of halogens is 1. The number of nitrogens with one attached hydrogen (secondary N) is 1. The SMILES string of the molecule is CC(C)(C)OC(=O)Nc1nc(C(=O)O)c(Cl)s1. The third-order valence-corrected chi connectivity index (χ3v) is 2.57. The number of thiazole rings is 1. The minimum atomic E-state index is -1.25. The van der Waals surface area contributed by atoms with Gasteiger partial charge in [0.2, 0.25) is 0 Å². The lowest BCUT2D eigenvalue weighted by molar-refractivity contribution is 0.0632. The molecule has 6 nitrogen and oxygen atoms in total. The van der Waals surface area contributed by atoms with Gasteiger partial charge in [0.25, 0.3) is 0 Å². The van der Waals surface area contributed by atoms with Crippen LogP contribution in [-0.2, 0) is 4.74 Å². The topological polar surface area (TPSA) is 88.5 Å². The number of aromatic carboxylic acids is 1. The zero-order valence-corrected chi connectivity index (χ0v) is 11.0. The van der Waals surface area contributed by atoms with E-state index in [2.05, 4.69) is 10.3 Å². The Labute approximate surface area is 107 Å². The molecule has 1 aromatic rings. The number of rotatable bonds is 2. The van der Waals surface area contributed by atoms with Crippen LogP contribution in [-0.4, -0.2) is 27.8 Å². The molecule has 17 heavy (non-hydrogen) atoms. The van der Waals surface area contributed by atoms with E-state index in [1.165, 1.54) is 0 Å². The second kappa shape index (κ2) is 4.89. The van der Waals surface area contributed by atoms with Crippen LogP contribution in [0.1, 0.15) is 31.3 Å². The molecular formula is C9H11ClN2O4S. The zero-order chi connectivity index (χ0) is 13.2. The van der Waals surface area contributed by atoms with E-state index in [9.17, 15) is 9.59 Å². The Hall–Kier alpha value is -1.34. The number of hydrogen-bond donors (Lipinski definition) is 2. The highest BCUT2D eigenvalue weighted by Crippen LogP contribution is 2.28. The van der Waals surface area contributed by atoms with Crippen molar-refractivity contribution in [3.05, 3.63) is 10.0 Å². The van der Waals surface area contributed by atoms with Crippen molar-refractivity contribution in [2.45, 2.75) is 26.4 Å². The molecule has 0 bridgehead atoms. The molecule has 0 unspecified atom stereocenters. The Balaban J connectivity index is 2.73. The van der Waals surface area contributed by atoms with E-state index in [0.717, 1.165) is 11.3 Å². The molecule has 94 valence electrons. The second-order valence-corrected chi connectivity index (χ2v) is 5.67. The monoisotopic (exact) mass is 278 g/mol. The number of anilines is 1. The number of amides is 1. The minimum absolute atomic E-state index is 0.00330. The second-order valence-electron chi connectivity index (χ2n) is 4.07. The molecular weight excluding hydrogens is 268 g/mol. The summed E-state index contributed by atoms with van der Waals surface area (Å²) in [6.45, 7) is 5.14. The number of carbonyl (C=O) groups excluding carboxylic acids is 1. The summed E-state index contributed by atoms with van der Waals surface area (Å²) in [6.07, 6.45) is -0.708. The number of aromatic nitrogens is 1. The van der Waals surface area contributed by atoms with Crippen LogP contribution >= 0.6 is 22.9 Å². The lowest BCUT2D eigenvalue weighted by Crippen LogP contribution is -2.27. The maximum absolute atomic E-state index is 11.4. The molecule has 0 fully saturated rings.